The lowest BCUT2D eigenvalue weighted by atomic mass is 9.57. The van der Waals surface area contributed by atoms with Gasteiger partial charge in [0.05, 0.1) is 0 Å². The van der Waals surface area contributed by atoms with E-state index in [2.05, 4.69) is 30.3 Å². The summed E-state index contributed by atoms with van der Waals surface area (Å²) in [5, 5.41) is 0. The summed E-state index contributed by atoms with van der Waals surface area (Å²) in [5.74, 6) is 1.65. The summed E-state index contributed by atoms with van der Waals surface area (Å²) in [6, 6.07) is 11.1. The number of hydrogen-bond acceptors (Lipinski definition) is 1. The summed E-state index contributed by atoms with van der Waals surface area (Å²) >= 11 is 0. The van der Waals surface area contributed by atoms with Crippen LogP contribution in [0.1, 0.15) is 50.5 Å². The van der Waals surface area contributed by atoms with Crippen LogP contribution in [0.3, 0.4) is 0 Å². The second-order valence-electron chi connectivity index (χ2n) is 6.73. The molecule has 0 heterocycles. The van der Waals surface area contributed by atoms with Crippen molar-refractivity contribution < 1.29 is 0 Å². The second-order valence-corrected chi connectivity index (χ2v) is 6.73. The van der Waals surface area contributed by atoms with E-state index in [4.69, 9.17) is 5.73 Å². The highest BCUT2D eigenvalue weighted by Gasteiger charge is 2.72. The van der Waals surface area contributed by atoms with Crippen LogP contribution in [-0.4, -0.2) is 5.54 Å². The van der Waals surface area contributed by atoms with Crippen molar-refractivity contribution in [2.24, 2.45) is 17.6 Å². The average molecular weight is 241 g/mol. The van der Waals surface area contributed by atoms with Gasteiger partial charge in [0.15, 0.2) is 0 Å². The summed E-state index contributed by atoms with van der Waals surface area (Å²) in [5.41, 5.74) is 8.96. The number of nitrogens with two attached hydrogens (primary N) is 1. The smallest absolute Gasteiger partial charge is 0.0316 e. The van der Waals surface area contributed by atoms with Crippen LogP contribution in [0, 0.1) is 11.8 Å². The molecular weight excluding hydrogens is 218 g/mol. The maximum atomic E-state index is 6.97. The lowest BCUT2D eigenvalue weighted by Crippen LogP contribution is -2.55. The topological polar surface area (TPSA) is 26.0 Å². The maximum absolute atomic E-state index is 6.97. The Morgan fingerprint density at radius 2 is 1.50 bits per heavy atom. The number of rotatable bonds is 2. The third kappa shape index (κ3) is 1.17. The van der Waals surface area contributed by atoms with Gasteiger partial charge in [-0.25, -0.2) is 0 Å². The Morgan fingerprint density at radius 1 is 0.889 bits per heavy atom. The van der Waals surface area contributed by atoms with Crippen molar-refractivity contribution in [1.29, 1.82) is 0 Å². The van der Waals surface area contributed by atoms with Crippen molar-refractivity contribution in [3.05, 3.63) is 35.9 Å². The molecule has 1 nitrogen and oxygen atoms in total. The fraction of sp³-hybridized carbons (Fsp3) is 0.647. The van der Waals surface area contributed by atoms with Gasteiger partial charge in [-0.3, -0.25) is 0 Å². The van der Waals surface area contributed by atoms with Crippen molar-refractivity contribution in [2.45, 2.75) is 55.9 Å². The Hall–Kier alpha value is -0.820. The Balaban J connectivity index is 1.74. The van der Waals surface area contributed by atoms with Gasteiger partial charge in [-0.15, -0.1) is 0 Å². The maximum Gasteiger partial charge on any atom is 0.0316 e. The molecule has 2 atom stereocenters. The molecule has 2 N–H and O–H groups in total. The summed E-state index contributed by atoms with van der Waals surface area (Å²) in [4.78, 5) is 0. The van der Waals surface area contributed by atoms with Crippen LogP contribution < -0.4 is 5.73 Å². The lowest BCUT2D eigenvalue weighted by molar-refractivity contribution is 0.162. The molecule has 3 aliphatic rings. The van der Waals surface area contributed by atoms with Crippen LogP contribution in [0.25, 0.3) is 0 Å². The van der Waals surface area contributed by atoms with Gasteiger partial charge in [0.25, 0.3) is 0 Å². The van der Waals surface area contributed by atoms with Crippen molar-refractivity contribution in [3.8, 4) is 0 Å². The molecule has 1 heteroatoms. The van der Waals surface area contributed by atoms with Gasteiger partial charge in [0, 0.05) is 11.0 Å². The second kappa shape index (κ2) is 3.60. The quantitative estimate of drug-likeness (QED) is 0.840. The molecule has 0 saturated heterocycles. The zero-order chi connectivity index (χ0) is 12.2. The van der Waals surface area contributed by atoms with Crippen LogP contribution in [-0.2, 0) is 5.41 Å². The predicted molar refractivity (Wildman–Crippen MR) is 74.3 cm³/mol. The molecule has 3 saturated carbocycles. The summed E-state index contributed by atoms with van der Waals surface area (Å²) in [6.07, 6.45) is 9.59. The summed E-state index contributed by atoms with van der Waals surface area (Å²) < 4.78 is 0. The van der Waals surface area contributed by atoms with Gasteiger partial charge in [-0.05, 0) is 43.1 Å². The van der Waals surface area contributed by atoms with Crippen molar-refractivity contribution in [2.75, 3.05) is 0 Å². The largest absolute Gasteiger partial charge is 0.324 e. The van der Waals surface area contributed by atoms with Gasteiger partial charge < -0.3 is 5.73 Å². The molecule has 0 aliphatic heterocycles. The zero-order valence-electron chi connectivity index (χ0n) is 11.1. The minimum Gasteiger partial charge on any atom is -0.324 e. The Bertz CT molecular complexity index is 434. The van der Waals surface area contributed by atoms with E-state index in [1.165, 1.54) is 50.5 Å². The van der Waals surface area contributed by atoms with E-state index < -0.39 is 0 Å². The molecule has 4 rings (SSSR count). The molecule has 0 aromatic heterocycles. The van der Waals surface area contributed by atoms with Gasteiger partial charge in [0.2, 0.25) is 0 Å². The first-order valence-corrected chi connectivity index (χ1v) is 7.63. The lowest BCUT2D eigenvalue weighted by Gasteiger charge is -2.49. The highest BCUT2D eigenvalue weighted by molar-refractivity contribution is 5.41. The standard InChI is InChI=1S/C17H23N/c18-17(14-9-4-5-10-15(14)17)16(11-6-12-16)13-7-2-1-3-8-13/h1-3,7-8,14-15H,4-6,9-12,18H2. The third-order valence-corrected chi connectivity index (χ3v) is 6.25. The molecule has 18 heavy (non-hydrogen) atoms. The van der Waals surface area contributed by atoms with E-state index in [-0.39, 0.29) is 5.54 Å². The van der Waals surface area contributed by atoms with Gasteiger partial charge in [0.1, 0.15) is 0 Å². The van der Waals surface area contributed by atoms with Gasteiger partial charge >= 0.3 is 0 Å². The van der Waals surface area contributed by atoms with Gasteiger partial charge in [-0.2, -0.15) is 0 Å². The fourth-order valence-electron chi connectivity index (χ4n) is 5.14. The fourth-order valence-corrected chi connectivity index (χ4v) is 5.14. The average Bonchev–Trinajstić information content (AvgIpc) is 2.97. The van der Waals surface area contributed by atoms with Crippen LogP contribution >= 0.6 is 0 Å². The molecule has 0 spiro atoms. The predicted octanol–water partition coefficient (Wildman–Crippen LogP) is 3.63. The van der Waals surface area contributed by atoms with Crippen LogP contribution in [0.4, 0.5) is 0 Å². The van der Waals surface area contributed by atoms with E-state index in [1.54, 1.807) is 0 Å². The summed E-state index contributed by atoms with van der Waals surface area (Å²) in [6.45, 7) is 0. The molecular formula is C17H23N. The van der Waals surface area contributed by atoms with Crippen molar-refractivity contribution in [1.82, 2.24) is 0 Å². The van der Waals surface area contributed by atoms with Crippen molar-refractivity contribution in [3.63, 3.8) is 0 Å². The van der Waals surface area contributed by atoms with Crippen molar-refractivity contribution >= 4 is 0 Å². The first-order valence-electron chi connectivity index (χ1n) is 7.63. The molecule has 1 aromatic carbocycles. The molecule has 3 fully saturated rings. The van der Waals surface area contributed by atoms with Gasteiger partial charge in [-0.1, -0.05) is 49.6 Å². The minimum absolute atomic E-state index is 0.142. The molecule has 0 radical (unpaired) electrons. The summed E-state index contributed by atoms with van der Waals surface area (Å²) in [7, 11) is 0. The number of fused-ring (bicyclic) bond motifs is 1. The Morgan fingerprint density at radius 3 is 2.00 bits per heavy atom. The Kier molecular flexibility index (Phi) is 2.21. The third-order valence-electron chi connectivity index (χ3n) is 6.25. The van der Waals surface area contributed by atoms with E-state index >= 15 is 0 Å². The molecule has 3 aliphatic carbocycles. The van der Waals surface area contributed by atoms with E-state index in [0.29, 0.717) is 5.41 Å². The molecule has 1 aromatic rings. The van der Waals surface area contributed by atoms with E-state index in [9.17, 15) is 0 Å². The van der Waals surface area contributed by atoms with Crippen LogP contribution in [0.2, 0.25) is 0 Å². The monoisotopic (exact) mass is 241 g/mol. The first-order chi connectivity index (χ1) is 8.79. The van der Waals surface area contributed by atoms with Crippen LogP contribution in [0.15, 0.2) is 30.3 Å². The number of benzene rings is 1. The van der Waals surface area contributed by atoms with E-state index in [0.717, 1.165) is 11.8 Å². The SMILES string of the molecule is NC1(C2(c3ccccc3)CCC2)C2CCCCC21. The molecule has 2 unspecified atom stereocenters. The highest BCUT2D eigenvalue weighted by Crippen LogP contribution is 2.69. The first kappa shape index (κ1) is 11.0. The Labute approximate surface area is 110 Å². The molecule has 0 amide bonds. The molecule has 0 bridgehead atoms. The van der Waals surface area contributed by atoms with Crippen LogP contribution in [0.5, 0.6) is 0 Å². The highest BCUT2D eigenvalue weighted by atomic mass is 15.0. The molecule has 96 valence electrons. The normalized spacial score (nSPS) is 40.7. The minimum atomic E-state index is 0.142. The number of hydrogen-bond donors (Lipinski definition) is 1. The van der Waals surface area contributed by atoms with E-state index in [1.807, 2.05) is 0 Å². The zero-order valence-corrected chi connectivity index (χ0v) is 11.1.